The van der Waals surface area contributed by atoms with Crippen molar-refractivity contribution in [1.29, 1.82) is 0 Å². The number of hydrogen-bond acceptors (Lipinski definition) is 10. The van der Waals surface area contributed by atoms with Crippen molar-refractivity contribution >= 4 is 33.3 Å². The third-order valence-corrected chi connectivity index (χ3v) is 8.32. The number of nitrogens with zero attached hydrogens (tertiary/aromatic N) is 4. The topological polar surface area (TPSA) is 114 Å². The molecule has 3 aromatic heterocycles. The number of aliphatic hydroxyl groups is 1. The van der Waals surface area contributed by atoms with Crippen LogP contribution in [0.3, 0.4) is 0 Å². The molecular weight excluding hydrogens is 500 g/mol. The maximum absolute atomic E-state index is 10.1. The summed E-state index contributed by atoms with van der Waals surface area (Å²) < 4.78 is 13.6. The third-order valence-electron chi connectivity index (χ3n) is 7.27. The van der Waals surface area contributed by atoms with Crippen molar-refractivity contribution in [2.75, 3.05) is 17.2 Å². The summed E-state index contributed by atoms with van der Waals surface area (Å²) in [4.78, 5) is 19.1. The minimum Gasteiger partial charge on any atom is -0.396 e. The fraction of sp³-hybridized carbons (Fsp3) is 0.429. The van der Waals surface area contributed by atoms with Crippen molar-refractivity contribution < 1.29 is 14.6 Å². The number of aliphatic hydroxyl groups excluding tert-OH is 1. The van der Waals surface area contributed by atoms with E-state index in [4.69, 9.17) is 24.4 Å². The van der Waals surface area contributed by atoms with E-state index in [9.17, 15) is 5.11 Å². The van der Waals surface area contributed by atoms with E-state index in [2.05, 4.69) is 21.7 Å². The van der Waals surface area contributed by atoms with Gasteiger partial charge in [-0.1, -0.05) is 18.2 Å². The number of para-hydroxylation sites is 1. The number of ether oxygens (including phenoxy) is 2. The van der Waals surface area contributed by atoms with E-state index in [1.54, 1.807) is 17.5 Å². The van der Waals surface area contributed by atoms with Crippen molar-refractivity contribution in [3.8, 4) is 10.6 Å². The number of fused-ring (bicyclic) bond motifs is 2. The van der Waals surface area contributed by atoms with E-state index >= 15 is 0 Å². The molecule has 4 atom stereocenters. The van der Waals surface area contributed by atoms with E-state index in [1.807, 2.05) is 58.0 Å². The number of aromatic nitrogens is 4. The smallest absolute Gasteiger partial charge is 0.225 e. The lowest BCUT2D eigenvalue weighted by Gasteiger charge is -2.25. The second-order valence-corrected chi connectivity index (χ2v) is 11.5. The standard InChI is InChI=1S/C28H32N6O3S/c1-15-8-7-11-29-20(15)13-30-27-31-16(2)22(26-33-18-9-5-6-10-21(18)38-26)25(34-27)32-19-12-17(14-35)23-24(19)37-28(3,4)36-23/h5-11,17,19,23-24,35H,12-14H2,1-4H3,(H2,30,31,32,34)/t17-,19-,23-,24+/m1/s1. The molecule has 0 radical (unpaired) electrons. The van der Waals surface area contributed by atoms with Crippen LogP contribution in [0.25, 0.3) is 20.8 Å². The Balaban J connectivity index is 1.37. The first-order valence-corrected chi connectivity index (χ1v) is 13.7. The molecule has 4 heterocycles. The lowest BCUT2D eigenvalue weighted by Crippen LogP contribution is -2.35. The molecule has 0 bridgehead atoms. The number of benzene rings is 1. The average Bonchev–Trinajstić information content (AvgIpc) is 3.54. The molecule has 4 aromatic rings. The summed E-state index contributed by atoms with van der Waals surface area (Å²) in [6, 6.07) is 12.0. The minimum absolute atomic E-state index is 0.0159. The zero-order chi connectivity index (χ0) is 26.4. The van der Waals surface area contributed by atoms with Crippen LogP contribution in [0.1, 0.15) is 37.2 Å². The van der Waals surface area contributed by atoms with Crippen LogP contribution in [0, 0.1) is 19.8 Å². The molecule has 0 amide bonds. The number of aryl methyl sites for hydroxylation is 2. The normalized spacial score (nSPS) is 24.0. The summed E-state index contributed by atoms with van der Waals surface area (Å²) in [5.41, 5.74) is 4.68. The molecule has 1 aromatic carbocycles. The number of hydrogen-bond donors (Lipinski definition) is 3. The molecule has 1 aliphatic heterocycles. The van der Waals surface area contributed by atoms with Gasteiger partial charge in [0.05, 0.1) is 45.9 Å². The van der Waals surface area contributed by atoms with Gasteiger partial charge < -0.3 is 25.2 Å². The fourth-order valence-electron chi connectivity index (χ4n) is 5.44. The molecule has 1 saturated carbocycles. The number of thiazole rings is 1. The van der Waals surface area contributed by atoms with Gasteiger partial charge in [0, 0.05) is 18.7 Å². The SMILES string of the molecule is Cc1cccnc1CNc1nc(C)c(-c2nc3ccccc3s2)c(N[C@@H]2C[C@H](CO)[C@H]3OC(C)(C)O[C@H]32)n1. The van der Waals surface area contributed by atoms with Gasteiger partial charge in [0.2, 0.25) is 5.95 Å². The number of anilines is 2. The number of pyridine rings is 1. The van der Waals surface area contributed by atoms with Gasteiger partial charge in [-0.2, -0.15) is 4.98 Å². The van der Waals surface area contributed by atoms with Crippen molar-refractivity contribution in [2.45, 2.75) is 64.7 Å². The lowest BCUT2D eigenvalue weighted by atomic mass is 10.1. The summed E-state index contributed by atoms with van der Waals surface area (Å²) in [6.45, 7) is 8.41. The summed E-state index contributed by atoms with van der Waals surface area (Å²) >= 11 is 1.62. The van der Waals surface area contributed by atoms with Crippen LogP contribution in [0.4, 0.5) is 11.8 Å². The summed E-state index contributed by atoms with van der Waals surface area (Å²) in [7, 11) is 0. The Labute approximate surface area is 225 Å². The van der Waals surface area contributed by atoms with Gasteiger partial charge in [-0.3, -0.25) is 4.98 Å². The first-order chi connectivity index (χ1) is 18.3. The molecule has 9 nitrogen and oxygen atoms in total. The van der Waals surface area contributed by atoms with Crippen LogP contribution in [0.15, 0.2) is 42.6 Å². The molecule has 3 N–H and O–H groups in total. The first kappa shape index (κ1) is 25.1. The van der Waals surface area contributed by atoms with Crippen LogP contribution in [0.5, 0.6) is 0 Å². The molecule has 198 valence electrons. The molecule has 1 saturated heterocycles. The Morgan fingerprint density at radius 3 is 2.66 bits per heavy atom. The predicted octanol–water partition coefficient (Wildman–Crippen LogP) is 4.69. The first-order valence-electron chi connectivity index (χ1n) is 12.9. The highest BCUT2D eigenvalue weighted by atomic mass is 32.1. The highest BCUT2D eigenvalue weighted by molar-refractivity contribution is 7.21. The molecule has 0 spiro atoms. The average molecular weight is 533 g/mol. The van der Waals surface area contributed by atoms with E-state index in [1.165, 1.54) is 0 Å². The molecule has 6 rings (SSSR count). The van der Waals surface area contributed by atoms with Gasteiger partial charge in [-0.05, 0) is 57.9 Å². The lowest BCUT2D eigenvalue weighted by molar-refractivity contribution is -0.158. The van der Waals surface area contributed by atoms with Crippen LogP contribution in [0.2, 0.25) is 0 Å². The quantitative estimate of drug-likeness (QED) is 0.312. The summed E-state index contributed by atoms with van der Waals surface area (Å²) in [5.74, 6) is 0.482. The van der Waals surface area contributed by atoms with Crippen molar-refractivity contribution in [3.63, 3.8) is 0 Å². The summed E-state index contributed by atoms with van der Waals surface area (Å²) in [5, 5.41) is 17.9. The molecule has 1 aliphatic carbocycles. The van der Waals surface area contributed by atoms with Gasteiger partial charge in [0.25, 0.3) is 0 Å². The maximum atomic E-state index is 10.1. The second kappa shape index (κ2) is 9.85. The molecular formula is C28H32N6O3S. The highest BCUT2D eigenvalue weighted by Crippen LogP contribution is 2.44. The number of rotatable bonds is 7. The zero-order valence-corrected chi connectivity index (χ0v) is 22.7. The Kier molecular flexibility index (Phi) is 6.51. The maximum Gasteiger partial charge on any atom is 0.225 e. The van der Waals surface area contributed by atoms with Gasteiger partial charge in [-0.15, -0.1) is 11.3 Å². The van der Waals surface area contributed by atoms with Gasteiger partial charge in [-0.25, -0.2) is 9.97 Å². The Hall–Kier alpha value is -3.18. The molecule has 38 heavy (non-hydrogen) atoms. The third kappa shape index (κ3) is 4.73. The van der Waals surface area contributed by atoms with E-state index in [-0.39, 0.29) is 30.8 Å². The van der Waals surface area contributed by atoms with E-state index in [0.717, 1.165) is 37.7 Å². The molecule has 0 unspecified atom stereocenters. The van der Waals surface area contributed by atoms with Crippen molar-refractivity contribution in [1.82, 2.24) is 19.9 Å². The largest absolute Gasteiger partial charge is 0.396 e. The Morgan fingerprint density at radius 2 is 1.87 bits per heavy atom. The van der Waals surface area contributed by atoms with Crippen LogP contribution < -0.4 is 10.6 Å². The highest BCUT2D eigenvalue weighted by Gasteiger charge is 2.54. The monoisotopic (exact) mass is 532 g/mol. The predicted molar refractivity (Wildman–Crippen MR) is 148 cm³/mol. The van der Waals surface area contributed by atoms with Gasteiger partial charge in [0.1, 0.15) is 16.9 Å². The van der Waals surface area contributed by atoms with E-state index in [0.29, 0.717) is 24.7 Å². The second-order valence-electron chi connectivity index (χ2n) is 10.5. The molecule has 10 heteroatoms. The van der Waals surface area contributed by atoms with Gasteiger partial charge in [0.15, 0.2) is 5.79 Å². The van der Waals surface area contributed by atoms with Crippen molar-refractivity contribution in [2.24, 2.45) is 5.92 Å². The number of nitrogens with one attached hydrogen (secondary N) is 2. The summed E-state index contributed by atoms with van der Waals surface area (Å²) in [6.07, 6.45) is 2.12. The van der Waals surface area contributed by atoms with Crippen LogP contribution in [-0.2, 0) is 16.0 Å². The van der Waals surface area contributed by atoms with Crippen LogP contribution >= 0.6 is 11.3 Å². The zero-order valence-electron chi connectivity index (χ0n) is 21.9. The van der Waals surface area contributed by atoms with Gasteiger partial charge >= 0.3 is 0 Å². The Bertz CT molecular complexity index is 1440. The molecule has 2 fully saturated rings. The van der Waals surface area contributed by atoms with E-state index < -0.39 is 5.79 Å². The Morgan fingerprint density at radius 1 is 1.05 bits per heavy atom. The fourth-order valence-corrected chi connectivity index (χ4v) is 6.50. The van der Waals surface area contributed by atoms with Crippen LogP contribution in [-0.4, -0.2) is 55.7 Å². The molecule has 2 aliphatic rings. The minimum atomic E-state index is -0.701. The van der Waals surface area contributed by atoms with Crippen molar-refractivity contribution in [3.05, 3.63) is 59.5 Å².